The smallest absolute Gasteiger partial charge is 0.291 e. The Bertz CT molecular complexity index is 362. The molecule has 15 heavy (non-hydrogen) atoms. The van der Waals surface area contributed by atoms with E-state index < -0.39 is 0 Å². The van der Waals surface area contributed by atoms with E-state index in [-0.39, 0.29) is 17.1 Å². The van der Waals surface area contributed by atoms with E-state index in [2.05, 4.69) is 27.1 Å². The molecule has 1 heterocycles. The fourth-order valence-electron chi connectivity index (χ4n) is 0.943. The highest BCUT2D eigenvalue weighted by Gasteiger charge is 2.20. The van der Waals surface area contributed by atoms with E-state index in [1.165, 1.54) is 0 Å². The number of carbonyl (C=O) groups excluding carboxylic acids is 1. The lowest BCUT2D eigenvalue weighted by atomic mass is 9.96. The number of hydrogen-bond donors (Lipinski definition) is 2. The summed E-state index contributed by atoms with van der Waals surface area (Å²) in [5, 5.41) is 9.22. The van der Waals surface area contributed by atoms with Crippen molar-refractivity contribution in [1.29, 1.82) is 0 Å². The van der Waals surface area contributed by atoms with Crippen LogP contribution >= 0.6 is 0 Å². The molecule has 0 atom stereocenters. The van der Waals surface area contributed by atoms with Gasteiger partial charge in [0, 0.05) is 12.0 Å². The Labute approximate surface area is 89.0 Å². The Hall–Kier alpha value is -1.65. The standard InChI is InChI=1S/C10H16N4O/c1-5-6-11-8(15)7-12-9(14-13-7)10(2,3)4/h5H,1,6H2,2-4H3,(H,11,15)(H,12,13,14). The van der Waals surface area contributed by atoms with Crippen molar-refractivity contribution >= 4 is 5.91 Å². The molecule has 2 N–H and O–H groups in total. The molecule has 1 aromatic heterocycles. The minimum absolute atomic E-state index is 0.135. The number of H-pyrrole nitrogens is 1. The number of nitrogens with zero attached hydrogens (tertiary/aromatic N) is 2. The van der Waals surface area contributed by atoms with E-state index in [1.54, 1.807) is 6.08 Å². The summed E-state index contributed by atoms with van der Waals surface area (Å²) >= 11 is 0. The zero-order valence-corrected chi connectivity index (χ0v) is 9.29. The molecule has 0 aliphatic carbocycles. The molecule has 0 aromatic carbocycles. The summed E-state index contributed by atoms with van der Waals surface area (Å²) in [6.45, 7) is 9.92. The summed E-state index contributed by atoms with van der Waals surface area (Å²) in [5.41, 5.74) is -0.135. The highest BCUT2D eigenvalue weighted by atomic mass is 16.2. The van der Waals surface area contributed by atoms with Gasteiger partial charge in [0.05, 0.1) is 0 Å². The first kappa shape index (κ1) is 11.4. The monoisotopic (exact) mass is 208 g/mol. The Balaban J connectivity index is 2.76. The number of hydrogen-bond acceptors (Lipinski definition) is 3. The number of aromatic nitrogens is 3. The van der Waals surface area contributed by atoms with Crippen molar-refractivity contribution in [3.8, 4) is 0 Å². The molecule has 0 aliphatic rings. The molecular weight excluding hydrogens is 192 g/mol. The molecule has 0 radical (unpaired) electrons. The molecule has 0 aliphatic heterocycles. The average molecular weight is 208 g/mol. The molecule has 5 heteroatoms. The van der Waals surface area contributed by atoms with E-state index >= 15 is 0 Å². The van der Waals surface area contributed by atoms with E-state index in [9.17, 15) is 4.79 Å². The van der Waals surface area contributed by atoms with Gasteiger partial charge in [-0.25, -0.2) is 4.98 Å². The first-order valence-corrected chi connectivity index (χ1v) is 4.77. The van der Waals surface area contributed by atoms with Crippen LogP contribution in [0.3, 0.4) is 0 Å². The lowest BCUT2D eigenvalue weighted by Crippen LogP contribution is -2.24. The summed E-state index contributed by atoms with van der Waals surface area (Å²) in [4.78, 5) is 15.6. The van der Waals surface area contributed by atoms with Crippen molar-refractivity contribution in [2.75, 3.05) is 6.54 Å². The van der Waals surface area contributed by atoms with Crippen LogP contribution in [0.1, 0.15) is 37.2 Å². The summed E-state index contributed by atoms with van der Waals surface area (Å²) in [6.07, 6.45) is 1.61. The summed E-state index contributed by atoms with van der Waals surface area (Å²) < 4.78 is 0. The first-order chi connectivity index (χ1) is 6.95. The van der Waals surface area contributed by atoms with Gasteiger partial charge in [0.15, 0.2) is 0 Å². The Morgan fingerprint density at radius 3 is 2.73 bits per heavy atom. The fourth-order valence-corrected chi connectivity index (χ4v) is 0.943. The minimum Gasteiger partial charge on any atom is -0.346 e. The molecule has 1 amide bonds. The van der Waals surface area contributed by atoms with E-state index in [1.807, 2.05) is 20.8 Å². The van der Waals surface area contributed by atoms with Crippen LogP contribution < -0.4 is 5.32 Å². The third kappa shape index (κ3) is 2.90. The van der Waals surface area contributed by atoms with Crippen molar-refractivity contribution in [2.24, 2.45) is 0 Å². The van der Waals surface area contributed by atoms with E-state index in [4.69, 9.17) is 0 Å². The van der Waals surface area contributed by atoms with Crippen LogP contribution in [0.2, 0.25) is 0 Å². The van der Waals surface area contributed by atoms with Crippen molar-refractivity contribution in [1.82, 2.24) is 20.5 Å². The number of nitrogens with one attached hydrogen (secondary N) is 2. The Morgan fingerprint density at radius 2 is 2.27 bits per heavy atom. The maximum Gasteiger partial charge on any atom is 0.291 e. The first-order valence-electron chi connectivity index (χ1n) is 4.77. The van der Waals surface area contributed by atoms with E-state index in [0.717, 1.165) is 0 Å². The average Bonchev–Trinajstić information content (AvgIpc) is 2.62. The Morgan fingerprint density at radius 1 is 1.60 bits per heavy atom. The van der Waals surface area contributed by atoms with Crippen LogP contribution in [0.4, 0.5) is 0 Å². The molecule has 1 aromatic rings. The zero-order valence-electron chi connectivity index (χ0n) is 9.29. The van der Waals surface area contributed by atoms with Gasteiger partial charge in [-0.1, -0.05) is 26.8 Å². The van der Waals surface area contributed by atoms with Crippen LogP contribution in [0, 0.1) is 0 Å². The number of carbonyl (C=O) groups is 1. The van der Waals surface area contributed by atoms with Crippen molar-refractivity contribution in [3.63, 3.8) is 0 Å². The van der Waals surface area contributed by atoms with Crippen LogP contribution in [-0.2, 0) is 5.41 Å². The van der Waals surface area contributed by atoms with Gasteiger partial charge in [-0.15, -0.1) is 11.7 Å². The summed E-state index contributed by atoms with van der Waals surface area (Å²) in [7, 11) is 0. The number of rotatable bonds is 3. The number of aromatic amines is 1. The molecule has 0 fully saturated rings. The van der Waals surface area contributed by atoms with Crippen molar-refractivity contribution in [2.45, 2.75) is 26.2 Å². The van der Waals surface area contributed by atoms with Crippen LogP contribution in [-0.4, -0.2) is 27.6 Å². The van der Waals surface area contributed by atoms with Crippen LogP contribution in [0.15, 0.2) is 12.7 Å². The lowest BCUT2D eigenvalue weighted by Gasteiger charge is -2.12. The quantitative estimate of drug-likeness (QED) is 0.728. The molecule has 0 unspecified atom stereocenters. The minimum atomic E-state index is -0.290. The molecule has 0 bridgehead atoms. The van der Waals surface area contributed by atoms with Crippen LogP contribution in [0.5, 0.6) is 0 Å². The lowest BCUT2D eigenvalue weighted by molar-refractivity contribution is 0.0948. The van der Waals surface area contributed by atoms with Crippen molar-refractivity contribution < 1.29 is 4.79 Å². The maximum atomic E-state index is 11.4. The van der Waals surface area contributed by atoms with Gasteiger partial charge >= 0.3 is 0 Å². The predicted molar refractivity (Wildman–Crippen MR) is 57.6 cm³/mol. The number of amides is 1. The maximum absolute atomic E-state index is 11.4. The molecule has 0 saturated carbocycles. The molecule has 5 nitrogen and oxygen atoms in total. The van der Waals surface area contributed by atoms with Gasteiger partial charge < -0.3 is 5.32 Å². The van der Waals surface area contributed by atoms with Gasteiger partial charge in [-0.05, 0) is 0 Å². The van der Waals surface area contributed by atoms with Crippen molar-refractivity contribution in [3.05, 3.63) is 24.3 Å². The third-order valence-electron chi connectivity index (χ3n) is 1.81. The van der Waals surface area contributed by atoms with Gasteiger partial charge in [-0.3, -0.25) is 9.89 Å². The SMILES string of the molecule is C=CCNC(=O)c1n[nH]c(C(C)(C)C)n1. The molecular formula is C10H16N4O. The van der Waals surface area contributed by atoms with Gasteiger partial charge in [0.1, 0.15) is 5.82 Å². The van der Waals surface area contributed by atoms with Gasteiger partial charge in [0.2, 0.25) is 5.82 Å². The second kappa shape index (κ2) is 4.25. The van der Waals surface area contributed by atoms with E-state index in [0.29, 0.717) is 12.4 Å². The normalized spacial score (nSPS) is 11.1. The molecule has 0 saturated heterocycles. The predicted octanol–water partition coefficient (Wildman–Crippen LogP) is 1.02. The topological polar surface area (TPSA) is 70.7 Å². The zero-order chi connectivity index (χ0) is 11.5. The van der Waals surface area contributed by atoms with Gasteiger partial charge in [0.25, 0.3) is 5.91 Å². The second-order valence-corrected chi connectivity index (χ2v) is 4.26. The highest BCUT2D eigenvalue weighted by Crippen LogP contribution is 2.17. The Kier molecular flexibility index (Phi) is 3.24. The highest BCUT2D eigenvalue weighted by molar-refractivity contribution is 5.90. The third-order valence-corrected chi connectivity index (χ3v) is 1.81. The molecule has 82 valence electrons. The summed E-state index contributed by atoms with van der Waals surface area (Å²) in [6, 6.07) is 0. The van der Waals surface area contributed by atoms with Crippen LogP contribution in [0.25, 0.3) is 0 Å². The fraction of sp³-hybridized carbons (Fsp3) is 0.500. The molecule has 1 rings (SSSR count). The summed E-state index contributed by atoms with van der Waals surface area (Å²) in [5.74, 6) is 0.578. The largest absolute Gasteiger partial charge is 0.346 e. The van der Waals surface area contributed by atoms with Gasteiger partial charge in [-0.2, -0.15) is 0 Å². The molecule has 0 spiro atoms. The second-order valence-electron chi connectivity index (χ2n) is 4.26.